The zero-order chi connectivity index (χ0) is 19.6. The molecule has 1 aromatic heterocycles. The zero-order valence-electron chi connectivity index (χ0n) is 14.0. The van der Waals surface area contributed by atoms with Crippen LogP contribution >= 0.6 is 23.2 Å². The van der Waals surface area contributed by atoms with Crippen molar-refractivity contribution in [2.45, 2.75) is 17.7 Å². The summed E-state index contributed by atoms with van der Waals surface area (Å²) in [6, 6.07) is 6.92. The van der Waals surface area contributed by atoms with Crippen molar-refractivity contribution in [1.29, 1.82) is 0 Å². The summed E-state index contributed by atoms with van der Waals surface area (Å²) >= 11 is 11.5. The Morgan fingerprint density at radius 2 is 1.93 bits per heavy atom. The Morgan fingerprint density at radius 1 is 1.22 bits per heavy atom. The van der Waals surface area contributed by atoms with Crippen molar-refractivity contribution in [1.82, 2.24) is 9.29 Å². The highest BCUT2D eigenvalue weighted by molar-refractivity contribution is 7.89. The average molecular weight is 432 g/mol. The summed E-state index contributed by atoms with van der Waals surface area (Å²) < 4.78 is 40.2. The highest BCUT2D eigenvalue weighted by Gasteiger charge is 2.33. The maximum Gasteiger partial charge on any atom is 0.246 e. The van der Waals surface area contributed by atoms with Crippen LogP contribution in [0.1, 0.15) is 12.8 Å². The van der Waals surface area contributed by atoms with Gasteiger partial charge in [-0.3, -0.25) is 4.79 Å². The van der Waals surface area contributed by atoms with Gasteiger partial charge in [-0.25, -0.2) is 17.8 Å². The van der Waals surface area contributed by atoms with Gasteiger partial charge in [-0.05, 0) is 43.2 Å². The summed E-state index contributed by atoms with van der Waals surface area (Å²) in [4.78, 5) is 16.1. The van der Waals surface area contributed by atoms with Crippen molar-refractivity contribution in [3.05, 3.63) is 52.5 Å². The van der Waals surface area contributed by atoms with Gasteiger partial charge in [0.05, 0.1) is 5.02 Å². The van der Waals surface area contributed by atoms with Crippen LogP contribution < -0.4 is 5.32 Å². The fourth-order valence-electron chi connectivity index (χ4n) is 2.88. The molecule has 1 aromatic carbocycles. The number of pyridine rings is 1. The molecule has 6 nitrogen and oxygen atoms in total. The van der Waals surface area contributed by atoms with Crippen LogP contribution in [0.4, 0.5) is 10.1 Å². The van der Waals surface area contributed by atoms with E-state index in [-0.39, 0.29) is 40.0 Å². The van der Waals surface area contributed by atoms with Crippen molar-refractivity contribution >= 4 is 44.8 Å². The first kappa shape index (κ1) is 20.0. The second-order valence-electron chi connectivity index (χ2n) is 6.09. The van der Waals surface area contributed by atoms with E-state index >= 15 is 0 Å². The number of aromatic nitrogens is 1. The van der Waals surface area contributed by atoms with Gasteiger partial charge in [-0.1, -0.05) is 23.2 Å². The van der Waals surface area contributed by atoms with E-state index in [2.05, 4.69) is 10.3 Å². The normalized spacial score (nSPS) is 16.3. The number of sulfonamides is 1. The number of hydrogen-bond acceptors (Lipinski definition) is 4. The molecule has 1 fully saturated rings. The van der Waals surface area contributed by atoms with Crippen molar-refractivity contribution in [2.24, 2.45) is 5.92 Å². The second-order valence-corrected chi connectivity index (χ2v) is 8.76. The molecular weight excluding hydrogens is 416 g/mol. The van der Waals surface area contributed by atoms with E-state index in [0.29, 0.717) is 18.5 Å². The van der Waals surface area contributed by atoms with Crippen LogP contribution in [-0.4, -0.2) is 36.7 Å². The molecule has 0 bridgehead atoms. The minimum absolute atomic E-state index is 0.0272. The molecule has 3 rings (SSSR count). The van der Waals surface area contributed by atoms with E-state index in [0.717, 1.165) is 6.07 Å². The Bertz CT molecular complexity index is 964. The first-order valence-corrected chi connectivity index (χ1v) is 10.3. The smallest absolute Gasteiger partial charge is 0.246 e. The lowest BCUT2D eigenvalue weighted by Crippen LogP contribution is -2.41. The van der Waals surface area contributed by atoms with Crippen LogP contribution in [0.15, 0.2) is 41.4 Å². The van der Waals surface area contributed by atoms with E-state index in [9.17, 15) is 17.6 Å². The monoisotopic (exact) mass is 431 g/mol. The molecule has 144 valence electrons. The van der Waals surface area contributed by atoms with Gasteiger partial charge in [0.1, 0.15) is 15.9 Å². The Hall–Kier alpha value is -1.74. The zero-order valence-corrected chi connectivity index (χ0v) is 16.4. The molecule has 0 radical (unpaired) electrons. The van der Waals surface area contributed by atoms with Crippen LogP contribution in [0.2, 0.25) is 10.2 Å². The predicted molar refractivity (Wildman–Crippen MR) is 101 cm³/mol. The average Bonchev–Trinajstić information content (AvgIpc) is 2.65. The topological polar surface area (TPSA) is 79.4 Å². The molecule has 1 aliphatic rings. The Labute approximate surface area is 166 Å². The summed E-state index contributed by atoms with van der Waals surface area (Å²) in [7, 11) is -3.77. The lowest BCUT2D eigenvalue weighted by atomic mass is 9.97. The first-order chi connectivity index (χ1) is 12.8. The van der Waals surface area contributed by atoms with Crippen molar-refractivity contribution < 1.29 is 17.6 Å². The number of halogens is 3. The molecule has 27 heavy (non-hydrogen) atoms. The number of hydrogen-bond donors (Lipinski definition) is 1. The molecule has 1 N–H and O–H groups in total. The van der Waals surface area contributed by atoms with Gasteiger partial charge < -0.3 is 5.32 Å². The van der Waals surface area contributed by atoms with E-state index in [4.69, 9.17) is 23.2 Å². The SMILES string of the molecule is O=C(Nc1ccc(Cl)c(F)c1)C1CCN(S(=O)(=O)c2cccnc2Cl)CC1. The number of benzene rings is 1. The molecular formula is C17H16Cl2FN3O3S. The number of piperidine rings is 1. The maximum absolute atomic E-state index is 13.5. The van der Waals surface area contributed by atoms with E-state index in [1.807, 2.05) is 0 Å². The minimum Gasteiger partial charge on any atom is -0.326 e. The molecule has 0 atom stereocenters. The second kappa shape index (κ2) is 8.10. The molecule has 0 saturated carbocycles. The van der Waals surface area contributed by atoms with Gasteiger partial charge in [0, 0.05) is 30.9 Å². The number of anilines is 1. The van der Waals surface area contributed by atoms with E-state index < -0.39 is 15.8 Å². The number of nitrogens with zero attached hydrogens (tertiary/aromatic N) is 2. The number of rotatable bonds is 4. The largest absolute Gasteiger partial charge is 0.326 e. The summed E-state index contributed by atoms with van der Waals surface area (Å²) in [5.74, 6) is -1.28. The van der Waals surface area contributed by atoms with Crippen LogP contribution in [0.5, 0.6) is 0 Å². The standard InChI is InChI=1S/C17H16Cl2FN3O3S/c18-13-4-3-12(10-14(13)20)22-17(24)11-5-8-23(9-6-11)27(25,26)15-2-1-7-21-16(15)19/h1-4,7,10-11H,5-6,8-9H2,(H,22,24). The highest BCUT2D eigenvalue weighted by Crippen LogP contribution is 2.28. The lowest BCUT2D eigenvalue weighted by Gasteiger charge is -2.30. The van der Waals surface area contributed by atoms with Crippen molar-refractivity contribution in [3.63, 3.8) is 0 Å². The van der Waals surface area contributed by atoms with Crippen molar-refractivity contribution in [3.8, 4) is 0 Å². The summed E-state index contributed by atoms with van der Waals surface area (Å²) in [5, 5.41) is 2.53. The highest BCUT2D eigenvalue weighted by atomic mass is 35.5. The quantitative estimate of drug-likeness (QED) is 0.750. The van der Waals surface area contributed by atoms with E-state index in [1.165, 1.54) is 34.8 Å². The summed E-state index contributed by atoms with van der Waals surface area (Å²) in [6.07, 6.45) is 2.11. The maximum atomic E-state index is 13.5. The van der Waals surface area contributed by atoms with Gasteiger partial charge in [0.25, 0.3) is 0 Å². The number of nitrogens with one attached hydrogen (secondary N) is 1. The van der Waals surface area contributed by atoms with Gasteiger partial charge >= 0.3 is 0 Å². The molecule has 10 heteroatoms. The lowest BCUT2D eigenvalue weighted by molar-refractivity contribution is -0.120. The minimum atomic E-state index is -3.77. The number of amides is 1. The molecule has 0 unspecified atom stereocenters. The first-order valence-electron chi connectivity index (χ1n) is 8.15. The van der Waals surface area contributed by atoms with Gasteiger partial charge in [0.2, 0.25) is 15.9 Å². The predicted octanol–water partition coefficient (Wildman–Crippen LogP) is 3.57. The molecule has 1 amide bonds. The molecule has 1 saturated heterocycles. The Balaban J connectivity index is 1.63. The Kier molecular flexibility index (Phi) is 6.00. The van der Waals surface area contributed by atoms with E-state index in [1.54, 1.807) is 0 Å². The van der Waals surface area contributed by atoms with Crippen molar-refractivity contribution in [2.75, 3.05) is 18.4 Å². The third-order valence-corrected chi connectivity index (χ3v) is 7.00. The van der Waals surface area contributed by atoms with Crippen LogP contribution in [0.25, 0.3) is 0 Å². The molecule has 2 aromatic rings. The van der Waals surface area contributed by atoms with Crippen LogP contribution in [0, 0.1) is 11.7 Å². The van der Waals surface area contributed by atoms with Gasteiger partial charge in [0.15, 0.2) is 0 Å². The number of carbonyl (C=O) groups is 1. The summed E-state index contributed by atoms with van der Waals surface area (Å²) in [6.45, 7) is 0.362. The summed E-state index contributed by atoms with van der Waals surface area (Å²) in [5.41, 5.74) is 0.305. The molecule has 2 heterocycles. The van der Waals surface area contributed by atoms with Crippen LogP contribution in [0.3, 0.4) is 0 Å². The molecule has 0 aliphatic carbocycles. The Morgan fingerprint density at radius 3 is 2.56 bits per heavy atom. The fourth-order valence-corrected chi connectivity index (χ4v) is 4.89. The van der Waals surface area contributed by atoms with Gasteiger partial charge in [-0.15, -0.1) is 0 Å². The van der Waals surface area contributed by atoms with Gasteiger partial charge in [-0.2, -0.15) is 4.31 Å². The molecule has 1 aliphatic heterocycles. The third-order valence-electron chi connectivity index (χ3n) is 4.35. The molecule has 0 spiro atoms. The third kappa shape index (κ3) is 4.40. The fraction of sp³-hybridized carbons (Fsp3) is 0.294. The van der Waals surface area contributed by atoms with Crippen LogP contribution in [-0.2, 0) is 14.8 Å². The number of carbonyl (C=O) groups excluding carboxylic acids is 1.